The van der Waals surface area contributed by atoms with Crippen molar-refractivity contribution in [3.63, 3.8) is 0 Å². The number of hydrazone groups is 1. The van der Waals surface area contributed by atoms with Crippen LogP contribution >= 0.6 is 22.9 Å². The molecule has 0 atom stereocenters. The van der Waals surface area contributed by atoms with Gasteiger partial charge in [0.2, 0.25) is 0 Å². The van der Waals surface area contributed by atoms with Crippen molar-refractivity contribution in [2.75, 3.05) is 6.61 Å². The average Bonchev–Trinajstić information content (AvgIpc) is 3.47. The number of hydrogen-bond acceptors (Lipinski definition) is 7. The van der Waals surface area contributed by atoms with Crippen LogP contribution in [0.5, 0.6) is 17.2 Å². The van der Waals surface area contributed by atoms with E-state index in [4.69, 9.17) is 25.8 Å². The number of halogens is 1. The molecular formula is C34H30ClN3O4S. The topological polar surface area (TPSA) is 82.0 Å². The van der Waals surface area contributed by atoms with Crippen LogP contribution in [-0.2, 0) is 13.2 Å². The molecule has 0 radical (unpaired) electrons. The van der Waals surface area contributed by atoms with E-state index in [0.29, 0.717) is 46.6 Å². The van der Waals surface area contributed by atoms with Crippen LogP contribution in [0.25, 0.3) is 11.3 Å². The Morgan fingerprint density at radius 1 is 0.884 bits per heavy atom. The number of carbonyl (C=O) groups is 1. The van der Waals surface area contributed by atoms with Crippen LogP contribution in [0.3, 0.4) is 0 Å². The first kappa shape index (κ1) is 29.8. The van der Waals surface area contributed by atoms with Crippen LogP contribution in [-0.4, -0.2) is 23.7 Å². The molecule has 1 aromatic heterocycles. The SMILES string of the molecule is CCOc1cc(COc2ccc(Cl)cc2/C=N/NC(=O)c2ccc(-c3csc(C)n3)cc2)ccc1OCc1ccccc1. The number of aromatic nitrogens is 1. The van der Waals surface area contributed by atoms with E-state index in [0.717, 1.165) is 27.4 Å². The molecule has 0 unspecified atom stereocenters. The molecule has 5 rings (SSSR count). The smallest absolute Gasteiger partial charge is 0.271 e. The highest BCUT2D eigenvalue weighted by atomic mass is 35.5. The minimum atomic E-state index is -0.334. The summed E-state index contributed by atoms with van der Waals surface area (Å²) >= 11 is 7.83. The fourth-order valence-electron chi connectivity index (χ4n) is 4.19. The molecule has 4 aromatic carbocycles. The van der Waals surface area contributed by atoms with Gasteiger partial charge in [-0.2, -0.15) is 5.10 Å². The summed E-state index contributed by atoms with van der Waals surface area (Å²) in [6.07, 6.45) is 1.51. The van der Waals surface area contributed by atoms with Crippen molar-refractivity contribution in [3.05, 3.63) is 129 Å². The number of nitrogens with one attached hydrogen (secondary N) is 1. The lowest BCUT2D eigenvalue weighted by Gasteiger charge is -2.14. The molecule has 0 spiro atoms. The van der Waals surface area contributed by atoms with Gasteiger partial charge in [0.1, 0.15) is 19.0 Å². The number of hydrogen-bond donors (Lipinski definition) is 1. The molecule has 0 aliphatic rings. The summed E-state index contributed by atoms with van der Waals surface area (Å²) < 4.78 is 18.0. The zero-order valence-corrected chi connectivity index (χ0v) is 25.3. The van der Waals surface area contributed by atoms with Gasteiger partial charge in [0, 0.05) is 27.1 Å². The van der Waals surface area contributed by atoms with Crippen LogP contribution in [0.4, 0.5) is 0 Å². The molecule has 0 saturated carbocycles. The van der Waals surface area contributed by atoms with Gasteiger partial charge in [-0.25, -0.2) is 10.4 Å². The lowest BCUT2D eigenvalue weighted by atomic mass is 10.1. The first-order valence-corrected chi connectivity index (χ1v) is 14.9. The summed E-state index contributed by atoms with van der Waals surface area (Å²) in [4.78, 5) is 17.2. The second kappa shape index (κ2) is 14.5. The number of nitrogens with zero attached hydrogens (tertiary/aromatic N) is 2. The Morgan fingerprint density at radius 2 is 1.63 bits per heavy atom. The Labute approximate surface area is 259 Å². The van der Waals surface area contributed by atoms with E-state index in [1.807, 2.05) is 79.9 Å². The summed E-state index contributed by atoms with van der Waals surface area (Å²) in [6.45, 7) is 5.12. The molecule has 7 nitrogen and oxygen atoms in total. The largest absolute Gasteiger partial charge is 0.490 e. The maximum Gasteiger partial charge on any atom is 0.271 e. The monoisotopic (exact) mass is 611 g/mol. The quantitative estimate of drug-likeness (QED) is 0.114. The van der Waals surface area contributed by atoms with E-state index in [-0.39, 0.29) is 12.5 Å². The number of thiazole rings is 1. The highest BCUT2D eigenvalue weighted by Crippen LogP contribution is 2.30. The Balaban J connectivity index is 1.21. The fourth-order valence-corrected chi connectivity index (χ4v) is 4.99. The van der Waals surface area contributed by atoms with Crippen molar-refractivity contribution < 1.29 is 19.0 Å². The Hall–Kier alpha value is -4.66. The molecule has 1 heterocycles. The van der Waals surface area contributed by atoms with Crippen molar-refractivity contribution in [1.82, 2.24) is 10.4 Å². The highest BCUT2D eigenvalue weighted by molar-refractivity contribution is 7.09. The van der Waals surface area contributed by atoms with Gasteiger partial charge in [0.05, 0.1) is 23.5 Å². The van der Waals surface area contributed by atoms with Crippen molar-refractivity contribution in [2.24, 2.45) is 5.10 Å². The van der Waals surface area contributed by atoms with Crippen LogP contribution in [0.1, 0.15) is 39.0 Å². The van der Waals surface area contributed by atoms with E-state index in [1.165, 1.54) is 6.21 Å². The molecule has 43 heavy (non-hydrogen) atoms. The number of aryl methyl sites for hydroxylation is 1. The van der Waals surface area contributed by atoms with Crippen molar-refractivity contribution in [1.29, 1.82) is 0 Å². The summed E-state index contributed by atoms with van der Waals surface area (Å²) in [5.41, 5.74) is 7.49. The van der Waals surface area contributed by atoms with E-state index < -0.39 is 0 Å². The maximum absolute atomic E-state index is 12.7. The number of carbonyl (C=O) groups excluding carboxylic acids is 1. The maximum atomic E-state index is 12.7. The molecule has 5 aromatic rings. The molecule has 1 amide bonds. The van der Waals surface area contributed by atoms with Crippen LogP contribution < -0.4 is 19.6 Å². The third-order valence-electron chi connectivity index (χ3n) is 6.34. The van der Waals surface area contributed by atoms with E-state index in [2.05, 4.69) is 15.5 Å². The summed E-state index contributed by atoms with van der Waals surface area (Å²) in [5, 5.41) is 7.65. The summed E-state index contributed by atoms with van der Waals surface area (Å²) in [6, 6.07) is 28.2. The minimum absolute atomic E-state index is 0.277. The van der Waals surface area contributed by atoms with Crippen LogP contribution in [0.15, 0.2) is 101 Å². The number of rotatable bonds is 12. The van der Waals surface area contributed by atoms with Gasteiger partial charge < -0.3 is 14.2 Å². The third kappa shape index (κ3) is 8.22. The molecular weight excluding hydrogens is 582 g/mol. The van der Waals surface area contributed by atoms with Crippen LogP contribution in [0, 0.1) is 6.92 Å². The Morgan fingerprint density at radius 3 is 2.37 bits per heavy atom. The normalized spacial score (nSPS) is 11.0. The first-order valence-electron chi connectivity index (χ1n) is 13.7. The van der Waals surface area contributed by atoms with Gasteiger partial charge in [-0.1, -0.05) is 60.1 Å². The van der Waals surface area contributed by atoms with Gasteiger partial charge in [0.25, 0.3) is 5.91 Å². The van der Waals surface area contributed by atoms with Gasteiger partial charge in [-0.3, -0.25) is 4.79 Å². The molecule has 0 aliphatic carbocycles. The van der Waals surface area contributed by atoms with Crippen molar-refractivity contribution in [2.45, 2.75) is 27.1 Å². The van der Waals surface area contributed by atoms with Gasteiger partial charge in [-0.15, -0.1) is 11.3 Å². The minimum Gasteiger partial charge on any atom is -0.490 e. The van der Waals surface area contributed by atoms with Crippen LogP contribution in [0.2, 0.25) is 5.02 Å². The molecule has 0 aliphatic heterocycles. The molecule has 1 N–H and O–H groups in total. The number of ether oxygens (including phenoxy) is 3. The number of benzene rings is 4. The zero-order valence-electron chi connectivity index (χ0n) is 23.7. The molecule has 0 bridgehead atoms. The molecule has 218 valence electrons. The van der Waals surface area contributed by atoms with E-state index in [9.17, 15) is 4.79 Å². The molecule has 0 fully saturated rings. The predicted molar refractivity (Wildman–Crippen MR) is 172 cm³/mol. The van der Waals surface area contributed by atoms with Crippen molar-refractivity contribution >= 4 is 35.1 Å². The summed E-state index contributed by atoms with van der Waals surface area (Å²) in [7, 11) is 0. The zero-order chi connectivity index (χ0) is 30.0. The van der Waals surface area contributed by atoms with E-state index >= 15 is 0 Å². The second-order valence-corrected chi connectivity index (χ2v) is 11.0. The highest BCUT2D eigenvalue weighted by Gasteiger charge is 2.10. The predicted octanol–water partition coefficient (Wildman–Crippen LogP) is 8.09. The number of amides is 1. The van der Waals surface area contributed by atoms with Gasteiger partial charge in [0.15, 0.2) is 11.5 Å². The Kier molecular flexibility index (Phi) is 10.0. The second-order valence-electron chi connectivity index (χ2n) is 9.49. The lowest BCUT2D eigenvalue weighted by molar-refractivity contribution is 0.0955. The fraction of sp³-hybridized carbons (Fsp3) is 0.147. The Bertz CT molecular complexity index is 1710. The molecule has 0 saturated heterocycles. The van der Waals surface area contributed by atoms with Gasteiger partial charge >= 0.3 is 0 Å². The van der Waals surface area contributed by atoms with Crippen molar-refractivity contribution in [3.8, 4) is 28.5 Å². The lowest BCUT2D eigenvalue weighted by Crippen LogP contribution is -2.17. The molecule has 9 heteroatoms. The first-order chi connectivity index (χ1) is 21.0. The average molecular weight is 612 g/mol. The standard InChI is InChI=1S/C34H30ClN3O4S/c1-3-40-33-17-25(9-15-32(33)42-20-24-7-5-4-6-8-24)21-41-31-16-14-29(35)18-28(31)19-36-38-34(39)27-12-10-26(11-13-27)30-22-43-23(2)37-30/h4-19,22H,3,20-21H2,1-2H3,(H,38,39)/b36-19+. The van der Waals surface area contributed by atoms with E-state index in [1.54, 1.807) is 41.7 Å². The summed E-state index contributed by atoms with van der Waals surface area (Å²) in [5.74, 6) is 1.54. The third-order valence-corrected chi connectivity index (χ3v) is 7.35. The van der Waals surface area contributed by atoms with Gasteiger partial charge in [-0.05, 0) is 67.4 Å².